The molecule has 0 N–H and O–H groups in total. The zero-order valence-electron chi connectivity index (χ0n) is 13.1. The van der Waals surface area contributed by atoms with E-state index in [1.165, 1.54) is 38.9 Å². The molecule has 118 valence electrons. The topological polar surface area (TPSA) is 43.2 Å². The first-order chi connectivity index (χ1) is 10.3. The maximum atomic E-state index is 5.48. The van der Waals surface area contributed by atoms with Gasteiger partial charge in [0.05, 0.1) is 6.61 Å². The van der Waals surface area contributed by atoms with Crippen LogP contribution in [0.25, 0.3) is 0 Å². The summed E-state index contributed by atoms with van der Waals surface area (Å²) in [6.07, 6.45) is 6.95. The highest BCUT2D eigenvalue weighted by Gasteiger charge is 2.25. The Kier molecular flexibility index (Phi) is 5.19. The van der Waals surface area contributed by atoms with E-state index in [9.17, 15) is 0 Å². The molecule has 2 fully saturated rings. The molecule has 2 aliphatic rings. The van der Waals surface area contributed by atoms with E-state index >= 15 is 0 Å². The molecule has 3 heterocycles. The molecule has 0 unspecified atom stereocenters. The third kappa shape index (κ3) is 3.79. The number of aromatic nitrogens is 3. The molecule has 0 radical (unpaired) electrons. The predicted molar refractivity (Wildman–Crippen MR) is 84.6 cm³/mol. The molecule has 1 aromatic rings. The lowest BCUT2D eigenvalue weighted by Crippen LogP contribution is -2.37. The van der Waals surface area contributed by atoms with Crippen molar-refractivity contribution in [2.75, 3.05) is 39.1 Å². The van der Waals surface area contributed by atoms with Gasteiger partial charge in [-0.2, -0.15) is 0 Å². The lowest BCUT2D eigenvalue weighted by Gasteiger charge is -2.33. The normalized spacial score (nSPS) is 24.8. The Balaban J connectivity index is 1.45. The second kappa shape index (κ2) is 7.11. The average Bonchev–Trinajstić information content (AvgIpc) is 3.12. The summed E-state index contributed by atoms with van der Waals surface area (Å²) in [6, 6.07) is 0. The molecule has 0 saturated carbocycles. The molecule has 0 aliphatic carbocycles. The maximum absolute atomic E-state index is 5.48. The highest BCUT2D eigenvalue weighted by molar-refractivity contribution is 7.98. The van der Waals surface area contributed by atoms with Gasteiger partial charge in [-0.1, -0.05) is 11.8 Å². The van der Waals surface area contributed by atoms with Crippen LogP contribution in [-0.4, -0.2) is 58.8 Å². The summed E-state index contributed by atoms with van der Waals surface area (Å²) in [5.74, 6) is 2.67. The quantitative estimate of drug-likeness (QED) is 0.776. The third-order valence-corrected chi connectivity index (χ3v) is 5.55. The summed E-state index contributed by atoms with van der Waals surface area (Å²) in [6.45, 7) is 5.62. The molecule has 1 aromatic heterocycles. The minimum atomic E-state index is 0.763. The molecule has 5 nitrogen and oxygen atoms in total. The van der Waals surface area contributed by atoms with Crippen molar-refractivity contribution in [2.45, 2.75) is 30.8 Å². The number of nitrogens with zero attached hydrogens (tertiary/aromatic N) is 4. The zero-order chi connectivity index (χ0) is 14.7. The fraction of sp³-hybridized carbons (Fsp3) is 0.867. The first-order valence-corrected chi connectivity index (χ1v) is 9.21. The second-order valence-corrected chi connectivity index (χ2v) is 7.11. The molecule has 2 aliphatic heterocycles. The Morgan fingerprint density at radius 3 is 2.62 bits per heavy atom. The van der Waals surface area contributed by atoms with E-state index in [0.717, 1.165) is 42.5 Å². The maximum Gasteiger partial charge on any atom is 0.190 e. The summed E-state index contributed by atoms with van der Waals surface area (Å²) in [5, 5.41) is 9.60. The van der Waals surface area contributed by atoms with Gasteiger partial charge < -0.3 is 14.2 Å². The van der Waals surface area contributed by atoms with Gasteiger partial charge >= 0.3 is 0 Å². The van der Waals surface area contributed by atoms with Gasteiger partial charge in [-0.15, -0.1) is 10.2 Å². The van der Waals surface area contributed by atoms with Crippen molar-refractivity contribution in [1.82, 2.24) is 19.7 Å². The van der Waals surface area contributed by atoms with Crippen molar-refractivity contribution in [3.8, 4) is 0 Å². The Morgan fingerprint density at radius 1 is 1.19 bits per heavy atom. The molecule has 6 heteroatoms. The number of rotatable bonds is 5. The smallest absolute Gasteiger partial charge is 0.190 e. The standard InChI is InChI=1S/C15H26N4OS/c1-18-14(16-17-15(18)21-2)9-12-3-6-19(7-4-12)10-13-5-8-20-11-13/h12-13H,3-11H2,1-2H3/t13-/m0/s1. The number of ether oxygens (including phenoxy) is 1. The number of piperidine rings is 1. The fourth-order valence-corrected chi connectivity index (χ4v) is 3.93. The highest BCUT2D eigenvalue weighted by atomic mass is 32.2. The van der Waals surface area contributed by atoms with Gasteiger partial charge in [-0.25, -0.2) is 0 Å². The van der Waals surface area contributed by atoms with Crippen molar-refractivity contribution in [3.05, 3.63) is 5.82 Å². The van der Waals surface area contributed by atoms with Crippen LogP contribution in [0.5, 0.6) is 0 Å². The molecule has 3 rings (SSSR count). The van der Waals surface area contributed by atoms with Crippen LogP contribution >= 0.6 is 11.8 Å². The summed E-state index contributed by atoms with van der Waals surface area (Å²) < 4.78 is 7.62. The molecular formula is C15H26N4OS. The van der Waals surface area contributed by atoms with Crippen LogP contribution in [0.2, 0.25) is 0 Å². The van der Waals surface area contributed by atoms with Crippen LogP contribution in [0.1, 0.15) is 25.1 Å². The van der Waals surface area contributed by atoms with E-state index in [4.69, 9.17) is 4.74 Å². The Hall–Kier alpha value is -0.590. The Labute approximate surface area is 131 Å². The van der Waals surface area contributed by atoms with E-state index in [1.807, 2.05) is 0 Å². The van der Waals surface area contributed by atoms with Crippen molar-refractivity contribution in [2.24, 2.45) is 18.9 Å². The van der Waals surface area contributed by atoms with E-state index in [2.05, 4.69) is 33.0 Å². The Bertz CT molecular complexity index is 451. The number of hydrogen-bond donors (Lipinski definition) is 0. The molecule has 0 spiro atoms. The molecule has 21 heavy (non-hydrogen) atoms. The molecule has 0 amide bonds. The van der Waals surface area contributed by atoms with E-state index in [-0.39, 0.29) is 0 Å². The summed E-state index contributed by atoms with van der Waals surface area (Å²) in [7, 11) is 2.08. The molecule has 0 bridgehead atoms. The van der Waals surface area contributed by atoms with Gasteiger partial charge in [-0.3, -0.25) is 0 Å². The van der Waals surface area contributed by atoms with E-state index < -0.39 is 0 Å². The SMILES string of the molecule is CSc1nnc(CC2CCN(C[C@@H]3CCOC3)CC2)n1C. The number of thioether (sulfide) groups is 1. The molecule has 0 aromatic carbocycles. The first kappa shape index (κ1) is 15.3. The van der Waals surface area contributed by atoms with Crippen LogP contribution in [0.15, 0.2) is 5.16 Å². The predicted octanol–water partition coefficient (Wildman–Crippen LogP) is 1.83. The molecule has 1 atom stereocenters. The van der Waals surface area contributed by atoms with Crippen molar-refractivity contribution in [3.63, 3.8) is 0 Å². The minimum absolute atomic E-state index is 0.763. The Morgan fingerprint density at radius 2 is 2.00 bits per heavy atom. The van der Waals surface area contributed by atoms with Gasteiger partial charge in [0, 0.05) is 26.6 Å². The van der Waals surface area contributed by atoms with Crippen molar-refractivity contribution < 1.29 is 4.74 Å². The van der Waals surface area contributed by atoms with Crippen LogP contribution in [0, 0.1) is 11.8 Å². The highest BCUT2D eigenvalue weighted by Crippen LogP contribution is 2.24. The fourth-order valence-electron chi connectivity index (χ4n) is 3.42. The van der Waals surface area contributed by atoms with E-state index in [1.54, 1.807) is 11.8 Å². The third-order valence-electron chi connectivity index (χ3n) is 4.83. The lowest BCUT2D eigenvalue weighted by atomic mass is 9.92. The van der Waals surface area contributed by atoms with Gasteiger partial charge in [0.2, 0.25) is 0 Å². The van der Waals surface area contributed by atoms with Crippen LogP contribution in [-0.2, 0) is 18.2 Å². The van der Waals surface area contributed by atoms with Crippen molar-refractivity contribution >= 4 is 11.8 Å². The van der Waals surface area contributed by atoms with Crippen LogP contribution in [0.4, 0.5) is 0 Å². The summed E-state index contributed by atoms with van der Waals surface area (Å²) in [5.41, 5.74) is 0. The van der Waals surface area contributed by atoms with Gasteiger partial charge in [0.15, 0.2) is 5.16 Å². The van der Waals surface area contributed by atoms with E-state index in [0.29, 0.717) is 0 Å². The minimum Gasteiger partial charge on any atom is -0.381 e. The molecule has 2 saturated heterocycles. The summed E-state index contributed by atoms with van der Waals surface area (Å²) >= 11 is 1.67. The zero-order valence-corrected chi connectivity index (χ0v) is 13.9. The number of likely N-dealkylation sites (tertiary alicyclic amines) is 1. The monoisotopic (exact) mass is 310 g/mol. The summed E-state index contributed by atoms with van der Waals surface area (Å²) in [4.78, 5) is 2.62. The van der Waals surface area contributed by atoms with Gasteiger partial charge in [-0.05, 0) is 50.4 Å². The van der Waals surface area contributed by atoms with Crippen LogP contribution < -0.4 is 0 Å². The van der Waals surface area contributed by atoms with Gasteiger partial charge in [0.1, 0.15) is 5.82 Å². The largest absolute Gasteiger partial charge is 0.381 e. The second-order valence-electron chi connectivity index (χ2n) is 6.34. The average molecular weight is 310 g/mol. The van der Waals surface area contributed by atoms with Crippen LogP contribution in [0.3, 0.4) is 0 Å². The van der Waals surface area contributed by atoms with Gasteiger partial charge in [0.25, 0.3) is 0 Å². The van der Waals surface area contributed by atoms with Crippen molar-refractivity contribution in [1.29, 1.82) is 0 Å². The molecular weight excluding hydrogens is 284 g/mol. The lowest BCUT2D eigenvalue weighted by molar-refractivity contribution is 0.140. The first-order valence-electron chi connectivity index (χ1n) is 7.98. The number of hydrogen-bond acceptors (Lipinski definition) is 5.